The van der Waals surface area contributed by atoms with Crippen LogP contribution in [-0.2, 0) is 0 Å². The summed E-state index contributed by atoms with van der Waals surface area (Å²) < 4.78 is 7.56. The Labute approximate surface area is 214 Å². The number of aromatic amines is 3. The van der Waals surface area contributed by atoms with Crippen molar-refractivity contribution in [1.29, 1.82) is 0 Å². The van der Waals surface area contributed by atoms with Gasteiger partial charge in [-0.05, 0) is 55.5 Å². The molecule has 9 nitrogen and oxygen atoms in total. The number of ketones is 1. The number of Topliss-reactive ketones (excluding diaryl/α,β-unsaturated/α-hetero) is 1. The van der Waals surface area contributed by atoms with Crippen LogP contribution in [0.4, 0.5) is 0 Å². The minimum absolute atomic E-state index is 0.0798. The van der Waals surface area contributed by atoms with Crippen LogP contribution in [0.2, 0.25) is 0 Å². The van der Waals surface area contributed by atoms with Gasteiger partial charge in [-0.25, -0.2) is 4.79 Å². The predicted molar refractivity (Wildman–Crippen MR) is 144 cm³/mol. The predicted octanol–water partition coefficient (Wildman–Crippen LogP) is 4.96. The summed E-state index contributed by atoms with van der Waals surface area (Å²) in [7, 11) is 0. The first kappa shape index (κ1) is 22.9. The SMILES string of the molecule is CCOc1ccc(-n2c(SCC(=O)c3ccc4[nH]c(=O)[nH]c4c3)nnc2-c2c[nH]c3ccccc23)cc1. The Morgan fingerprint density at radius 1 is 0.973 bits per heavy atom. The average Bonchev–Trinajstić information content (AvgIpc) is 3.63. The van der Waals surface area contributed by atoms with Gasteiger partial charge in [0.05, 0.1) is 23.4 Å². The van der Waals surface area contributed by atoms with Gasteiger partial charge >= 0.3 is 5.69 Å². The van der Waals surface area contributed by atoms with Crippen molar-refractivity contribution in [3.8, 4) is 22.8 Å². The topological polar surface area (TPSA) is 121 Å². The molecule has 3 aromatic carbocycles. The van der Waals surface area contributed by atoms with Gasteiger partial charge in [0.2, 0.25) is 0 Å². The van der Waals surface area contributed by atoms with Crippen LogP contribution in [0, 0.1) is 0 Å². The monoisotopic (exact) mass is 510 g/mol. The van der Waals surface area contributed by atoms with Crippen molar-refractivity contribution < 1.29 is 9.53 Å². The fraction of sp³-hybridized carbons (Fsp3) is 0.111. The molecule has 0 bridgehead atoms. The minimum atomic E-state index is -0.303. The standard InChI is InChI=1S/C27H22N6O3S/c1-2-36-18-10-8-17(9-11-18)33-25(20-14-28-21-6-4-3-5-19(20)21)31-32-27(33)37-15-24(34)16-7-12-22-23(13-16)30-26(35)29-22/h3-14,28H,2,15H2,1H3,(H2,29,30,35). The first-order chi connectivity index (χ1) is 18.1. The molecule has 0 saturated carbocycles. The highest BCUT2D eigenvalue weighted by Gasteiger charge is 2.20. The number of rotatable bonds is 8. The van der Waals surface area contributed by atoms with Crippen molar-refractivity contribution in [2.24, 2.45) is 0 Å². The number of carbonyl (C=O) groups is 1. The summed E-state index contributed by atoms with van der Waals surface area (Å²) in [5.74, 6) is 1.52. The molecule has 0 fully saturated rings. The first-order valence-corrected chi connectivity index (χ1v) is 12.7. The number of para-hydroxylation sites is 1. The summed E-state index contributed by atoms with van der Waals surface area (Å²) in [6.07, 6.45) is 1.92. The van der Waals surface area contributed by atoms with E-state index in [0.29, 0.717) is 34.2 Å². The maximum absolute atomic E-state index is 13.0. The maximum Gasteiger partial charge on any atom is 0.323 e. The molecule has 37 heavy (non-hydrogen) atoms. The Kier molecular flexibility index (Phi) is 5.85. The van der Waals surface area contributed by atoms with Crippen molar-refractivity contribution in [3.63, 3.8) is 0 Å². The van der Waals surface area contributed by atoms with E-state index in [0.717, 1.165) is 27.9 Å². The summed E-state index contributed by atoms with van der Waals surface area (Å²) in [4.78, 5) is 33.3. The van der Waals surface area contributed by atoms with E-state index >= 15 is 0 Å². The van der Waals surface area contributed by atoms with Crippen LogP contribution in [-0.4, -0.2) is 47.9 Å². The lowest BCUT2D eigenvalue weighted by molar-refractivity contribution is 0.102. The third-order valence-electron chi connectivity index (χ3n) is 6.04. The Morgan fingerprint density at radius 2 is 1.78 bits per heavy atom. The summed E-state index contributed by atoms with van der Waals surface area (Å²) in [6, 6.07) is 20.9. The van der Waals surface area contributed by atoms with E-state index in [1.54, 1.807) is 18.2 Å². The molecular formula is C27H22N6O3S. The van der Waals surface area contributed by atoms with Gasteiger partial charge in [-0.1, -0.05) is 30.0 Å². The molecule has 0 saturated heterocycles. The minimum Gasteiger partial charge on any atom is -0.494 e. The van der Waals surface area contributed by atoms with E-state index in [9.17, 15) is 9.59 Å². The van der Waals surface area contributed by atoms with Crippen molar-refractivity contribution >= 4 is 39.5 Å². The molecule has 184 valence electrons. The molecule has 0 spiro atoms. The van der Waals surface area contributed by atoms with E-state index in [1.165, 1.54) is 11.8 Å². The number of fused-ring (bicyclic) bond motifs is 2. The zero-order chi connectivity index (χ0) is 25.4. The van der Waals surface area contributed by atoms with Gasteiger partial charge in [-0.15, -0.1) is 10.2 Å². The second-order valence-electron chi connectivity index (χ2n) is 8.37. The quantitative estimate of drug-likeness (QED) is 0.197. The fourth-order valence-electron chi connectivity index (χ4n) is 4.30. The van der Waals surface area contributed by atoms with Crippen LogP contribution < -0.4 is 10.4 Å². The van der Waals surface area contributed by atoms with Gasteiger partial charge in [-0.3, -0.25) is 9.36 Å². The van der Waals surface area contributed by atoms with E-state index < -0.39 is 0 Å². The number of nitrogens with zero attached hydrogens (tertiary/aromatic N) is 3. The zero-order valence-electron chi connectivity index (χ0n) is 19.8. The number of nitrogens with one attached hydrogen (secondary N) is 3. The normalized spacial score (nSPS) is 11.4. The third-order valence-corrected chi connectivity index (χ3v) is 6.97. The number of ether oxygens (including phenoxy) is 1. The summed E-state index contributed by atoms with van der Waals surface area (Å²) >= 11 is 1.31. The number of imidazole rings is 1. The van der Waals surface area contributed by atoms with Gasteiger partial charge in [0, 0.05) is 33.9 Å². The second kappa shape index (κ2) is 9.47. The van der Waals surface area contributed by atoms with Gasteiger partial charge in [0.15, 0.2) is 16.8 Å². The number of H-pyrrole nitrogens is 3. The number of benzene rings is 3. The Bertz CT molecular complexity index is 1790. The number of carbonyl (C=O) groups excluding carboxylic acids is 1. The number of aromatic nitrogens is 6. The third kappa shape index (κ3) is 4.31. The van der Waals surface area contributed by atoms with Gasteiger partial charge in [0.25, 0.3) is 0 Å². The molecule has 0 radical (unpaired) electrons. The van der Waals surface area contributed by atoms with Crippen LogP contribution >= 0.6 is 11.8 Å². The van der Waals surface area contributed by atoms with Gasteiger partial charge in [0.1, 0.15) is 5.75 Å². The van der Waals surface area contributed by atoms with Crippen LogP contribution in [0.5, 0.6) is 5.75 Å². The van der Waals surface area contributed by atoms with Crippen molar-refractivity contribution in [2.75, 3.05) is 12.4 Å². The number of hydrogen-bond donors (Lipinski definition) is 3. The lowest BCUT2D eigenvalue weighted by atomic mass is 10.1. The fourth-order valence-corrected chi connectivity index (χ4v) is 5.15. The van der Waals surface area contributed by atoms with Crippen LogP contribution in [0.3, 0.4) is 0 Å². The maximum atomic E-state index is 13.0. The van der Waals surface area contributed by atoms with E-state index in [4.69, 9.17) is 4.74 Å². The Morgan fingerprint density at radius 3 is 2.62 bits per heavy atom. The number of thioether (sulfide) groups is 1. The molecule has 0 aliphatic rings. The molecule has 0 atom stereocenters. The highest BCUT2D eigenvalue weighted by atomic mass is 32.2. The van der Waals surface area contributed by atoms with E-state index in [-0.39, 0.29) is 17.2 Å². The van der Waals surface area contributed by atoms with Crippen molar-refractivity contribution in [1.82, 2.24) is 29.7 Å². The lowest BCUT2D eigenvalue weighted by Gasteiger charge is -2.11. The Hall–Kier alpha value is -4.57. The molecule has 6 aromatic rings. The highest BCUT2D eigenvalue weighted by molar-refractivity contribution is 7.99. The molecule has 3 N–H and O–H groups in total. The largest absolute Gasteiger partial charge is 0.494 e. The zero-order valence-corrected chi connectivity index (χ0v) is 20.6. The van der Waals surface area contributed by atoms with E-state index in [1.807, 2.05) is 66.2 Å². The van der Waals surface area contributed by atoms with Crippen molar-refractivity contribution in [2.45, 2.75) is 12.1 Å². The lowest BCUT2D eigenvalue weighted by Crippen LogP contribution is -2.05. The molecule has 3 aromatic heterocycles. The molecule has 3 heterocycles. The smallest absolute Gasteiger partial charge is 0.323 e. The van der Waals surface area contributed by atoms with Crippen molar-refractivity contribution in [3.05, 3.63) is 89.0 Å². The molecule has 6 rings (SSSR count). The molecular weight excluding hydrogens is 488 g/mol. The molecule has 0 unspecified atom stereocenters. The second-order valence-corrected chi connectivity index (χ2v) is 9.31. The van der Waals surface area contributed by atoms with Gasteiger partial charge in [-0.2, -0.15) is 0 Å². The van der Waals surface area contributed by atoms with Crippen LogP contribution in [0.25, 0.3) is 39.0 Å². The highest BCUT2D eigenvalue weighted by Crippen LogP contribution is 2.33. The summed E-state index contributed by atoms with van der Waals surface area (Å²) in [6.45, 7) is 2.53. The summed E-state index contributed by atoms with van der Waals surface area (Å²) in [5.41, 5.74) is 4.24. The van der Waals surface area contributed by atoms with Crippen LogP contribution in [0.1, 0.15) is 17.3 Å². The molecule has 0 aliphatic carbocycles. The van der Waals surface area contributed by atoms with Crippen LogP contribution in [0.15, 0.2) is 82.9 Å². The summed E-state index contributed by atoms with van der Waals surface area (Å²) in [5, 5.41) is 10.6. The van der Waals surface area contributed by atoms with E-state index in [2.05, 4.69) is 25.1 Å². The molecule has 10 heteroatoms. The molecule has 0 aliphatic heterocycles. The Balaban J connectivity index is 1.36. The first-order valence-electron chi connectivity index (χ1n) is 11.7. The van der Waals surface area contributed by atoms with Gasteiger partial charge < -0.3 is 19.7 Å². The number of hydrogen-bond acceptors (Lipinski definition) is 6. The molecule has 0 amide bonds. The average molecular weight is 511 g/mol.